The number of sulfone groups is 1. The number of benzene rings is 1. The highest BCUT2D eigenvalue weighted by Gasteiger charge is 2.29. The smallest absolute Gasteiger partial charge is 0.191 e. The fourth-order valence-corrected chi connectivity index (χ4v) is 5.54. The van der Waals surface area contributed by atoms with Crippen LogP contribution in [0.1, 0.15) is 31.7 Å². The molecule has 0 amide bonds. The van der Waals surface area contributed by atoms with Crippen molar-refractivity contribution < 1.29 is 8.42 Å². The first-order valence-electron chi connectivity index (χ1n) is 8.75. The Kier molecular flexibility index (Phi) is 7.62. The van der Waals surface area contributed by atoms with Crippen molar-refractivity contribution in [3.05, 3.63) is 35.9 Å². The molecule has 140 valence electrons. The number of nitrogens with one attached hydrogen (secondary N) is 2. The van der Waals surface area contributed by atoms with E-state index in [1.807, 2.05) is 42.1 Å². The van der Waals surface area contributed by atoms with Gasteiger partial charge in [-0.05, 0) is 37.5 Å². The predicted octanol–water partition coefficient (Wildman–Crippen LogP) is 2.44. The van der Waals surface area contributed by atoms with Crippen molar-refractivity contribution >= 4 is 27.6 Å². The molecule has 0 aromatic heterocycles. The fraction of sp³-hybridized carbons (Fsp3) is 0.611. The lowest BCUT2D eigenvalue weighted by atomic mass is 10.1. The summed E-state index contributed by atoms with van der Waals surface area (Å²) in [4.78, 5) is 4.22. The summed E-state index contributed by atoms with van der Waals surface area (Å²) in [7, 11) is -1.34. The minimum atomic E-state index is -3.08. The number of guanidine groups is 1. The first-order valence-corrected chi connectivity index (χ1v) is 11.6. The Hall–Kier alpha value is -1.21. The van der Waals surface area contributed by atoms with Crippen molar-refractivity contribution in [2.75, 3.05) is 31.6 Å². The third kappa shape index (κ3) is 7.28. The molecule has 0 saturated carbocycles. The molecule has 1 aromatic rings. The van der Waals surface area contributed by atoms with Crippen LogP contribution in [0.15, 0.2) is 35.3 Å². The first kappa shape index (κ1) is 20.1. The van der Waals surface area contributed by atoms with Crippen LogP contribution >= 0.6 is 11.8 Å². The lowest BCUT2D eigenvalue weighted by Gasteiger charge is -2.24. The number of aliphatic imine (C=N–C) groups is 1. The quantitative estimate of drug-likeness (QED) is 0.410. The molecule has 1 fully saturated rings. The van der Waals surface area contributed by atoms with E-state index in [-0.39, 0.29) is 16.3 Å². The Morgan fingerprint density at radius 3 is 2.68 bits per heavy atom. The summed E-state index contributed by atoms with van der Waals surface area (Å²) < 4.78 is 24.6. The van der Waals surface area contributed by atoms with E-state index < -0.39 is 9.84 Å². The van der Waals surface area contributed by atoms with Crippen LogP contribution in [-0.2, 0) is 15.6 Å². The van der Waals surface area contributed by atoms with Crippen LogP contribution in [0.2, 0.25) is 0 Å². The summed E-state index contributed by atoms with van der Waals surface area (Å²) >= 11 is 2.01. The van der Waals surface area contributed by atoms with E-state index >= 15 is 0 Å². The lowest BCUT2D eigenvalue weighted by molar-refractivity contribution is 0.582. The van der Waals surface area contributed by atoms with E-state index in [1.165, 1.54) is 18.6 Å². The van der Waals surface area contributed by atoms with Gasteiger partial charge in [0.2, 0.25) is 0 Å². The molecule has 25 heavy (non-hydrogen) atoms. The molecule has 0 aliphatic carbocycles. The van der Waals surface area contributed by atoms with Gasteiger partial charge in [-0.2, -0.15) is 11.8 Å². The molecule has 2 rings (SSSR count). The number of hydrogen-bond acceptors (Lipinski definition) is 4. The van der Waals surface area contributed by atoms with Crippen molar-refractivity contribution in [2.24, 2.45) is 4.99 Å². The molecule has 5 nitrogen and oxygen atoms in total. The molecule has 1 heterocycles. The average molecular weight is 384 g/mol. The number of nitrogens with zero attached hydrogens (tertiary/aromatic N) is 1. The maximum absolute atomic E-state index is 12.2. The van der Waals surface area contributed by atoms with Crippen molar-refractivity contribution in [1.82, 2.24) is 10.6 Å². The summed E-state index contributed by atoms with van der Waals surface area (Å²) in [5, 5.41) is 6.57. The highest BCUT2D eigenvalue weighted by atomic mass is 32.2. The molecule has 1 aliphatic heterocycles. The summed E-state index contributed by atoms with van der Waals surface area (Å²) in [6.45, 7) is 3.75. The van der Waals surface area contributed by atoms with Gasteiger partial charge in [0.05, 0.1) is 11.5 Å². The molecule has 1 aliphatic rings. The second-order valence-electron chi connectivity index (χ2n) is 6.69. The Morgan fingerprint density at radius 2 is 2.04 bits per heavy atom. The molecule has 0 bridgehead atoms. The third-order valence-electron chi connectivity index (χ3n) is 4.31. The minimum absolute atomic E-state index is 0.108. The minimum Gasteiger partial charge on any atom is -0.356 e. The molecule has 1 aromatic carbocycles. The van der Waals surface area contributed by atoms with Crippen LogP contribution in [0.25, 0.3) is 0 Å². The monoisotopic (exact) mass is 383 g/mol. The highest BCUT2D eigenvalue weighted by Crippen LogP contribution is 2.36. The van der Waals surface area contributed by atoms with Crippen LogP contribution in [0.4, 0.5) is 0 Å². The van der Waals surface area contributed by atoms with Crippen LogP contribution in [0, 0.1) is 0 Å². The lowest BCUT2D eigenvalue weighted by Crippen LogP contribution is -2.44. The molecule has 0 radical (unpaired) electrons. The molecular weight excluding hydrogens is 354 g/mol. The molecule has 1 unspecified atom stereocenters. The standard InChI is InChI=1S/C18H29N3O2S2/c1-18(10-6-12-24-18)15-21-17(19-2)20-11-7-13-25(22,23)14-16-8-4-3-5-9-16/h3-5,8-9H,6-7,10-15H2,1-2H3,(H2,19,20,21). The zero-order chi connectivity index (χ0) is 18.2. The van der Waals surface area contributed by atoms with Crippen LogP contribution in [0.5, 0.6) is 0 Å². The summed E-state index contributed by atoms with van der Waals surface area (Å²) in [5.41, 5.74) is 0.843. The second-order valence-corrected chi connectivity index (χ2v) is 10.6. The van der Waals surface area contributed by atoms with Gasteiger partial charge in [-0.15, -0.1) is 0 Å². The molecule has 0 spiro atoms. The average Bonchev–Trinajstić information content (AvgIpc) is 3.01. The van der Waals surface area contributed by atoms with Gasteiger partial charge in [0.15, 0.2) is 15.8 Å². The Labute approximate surface area is 156 Å². The van der Waals surface area contributed by atoms with Gasteiger partial charge in [0, 0.05) is 24.9 Å². The normalized spacial score (nSPS) is 21.3. The molecule has 7 heteroatoms. The van der Waals surface area contributed by atoms with Crippen molar-refractivity contribution in [3.63, 3.8) is 0 Å². The predicted molar refractivity (Wildman–Crippen MR) is 108 cm³/mol. The summed E-state index contributed by atoms with van der Waals surface area (Å²) in [6.07, 6.45) is 3.06. The van der Waals surface area contributed by atoms with E-state index in [0.717, 1.165) is 18.1 Å². The van der Waals surface area contributed by atoms with Crippen molar-refractivity contribution in [3.8, 4) is 0 Å². The third-order valence-corrected chi connectivity index (χ3v) is 7.53. The second kappa shape index (κ2) is 9.48. The van der Waals surface area contributed by atoms with Crippen LogP contribution in [-0.4, -0.2) is 50.8 Å². The highest BCUT2D eigenvalue weighted by molar-refractivity contribution is 8.00. The van der Waals surface area contributed by atoms with Crippen molar-refractivity contribution in [1.29, 1.82) is 0 Å². The van der Waals surface area contributed by atoms with Gasteiger partial charge in [0.25, 0.3) is 0 Å². The van der Waals surface area contributed by atoms with Crippen molar-refractivity contribution in [2.45, 2.75) is 36.7 Å². The number of rotatable bonds is 8. The topological polar surface area (TPSA) is 70.6 Å². The molecule has 1 atom stereocenters. The maximum Gasteiger partial charge on any atom is 0.191 e. The Morgan fingerprint density at radius 1 is 1.28 bits per heavy atom. The van der Waals surface area contributed by atoms with Gasteiger partial charge < -0.3 is 10.6 Å². The van der Waals surface area contributed by atoms with E-state index in [1.54, 1.807) is 7.05 Å². The van der Waals surface area contributed by atoms with E-state index in [2.05, 4.69) is 22.5 Å². The fourth-order valence-electron chi connectivity index (χ4n) is 2.87. The summed E-state index contributed by atoms with van der Waals surface area (Å²) in [6, 6.07) is 9.33. The zero-order valence-corrected chi connectivity index (χ0v) is 16.8. The maximum atomic E-state index is 12.2. The largest absolute Gasteiger partial charge is 0.356 e. The van der Waals surface area contributed by atoms with Gasteiger partial charge in [-0.3, -0.25) is 4.99 Å². The number of thioether (sulfide) groups is 1. The van der Waals surface area contributed by atoms with E-state index in [9.17, 15) is 8.42 Å². The molecule has 2 N–H and O–H groups in total. The van der Waals surface area contributed by atoms with Crippen LogP contribution in [0.3, 0.4) is 0 Å². The van der Waals surface area contributed by atoms with Gasteiger partial charge in [-0.25, -0.2) is 8.42 Å². The van der Waals surface area contributed by atoms with Gasteiger partial charge in [-0.1, -0.05) is 30.3 Å². The van der Waals surface area contributed by atoms with Crippen LogP contribution < -0.4 is 10.6 Å². The number of hydrogen-bond donors (Lipinski definition) is 2. The Bertz CT molecular complexity index is 654. The van der Waals surface area contributed by atoms with E-state index in [0.29, 0.717) is 13.0 Å². The Balaban J connectivity index is 1.68. The molecular formula is C18H29N3O2S2. The molecule has 1 saturated heterocycles. The first-order chi connectivity index (χ1) is 11.9. The zero-order valence-electron chi connectivity index (χ0n) is 15.1. The van der Waals surface area contributed by atoms with E-state index in [4.69, 9.17) is 0 Å². The SMILES string of the molecule is CN=C(NCCCS(=O)(=O)Cc1ccccc1)NCC1(C)CCCS1. The summed E-state index contributed by atoms with van der Waals surface area (Å²) in [5.74, 6) is 2.26. The van der Waals surface area contributed by atoms with Gasteiger partial charge >= 0.3 is 0 Å². The van der Waals surface area contributed by atoms with Gasteiger partial charge in [0.1, 0.15) is 0 Å².